The molecule has 3 aliphatic carbocycles. The topological polar surface area (TPSA) is 105 Å². The minimum atomic E-state index is -5.76. The molecule has 0 radical (unpaired) electrons. The fourth-order valence-corrected chi connectivity index (χ4v) is 5.95. The Morgan fingerprint density at radius 1 is 0.711 bits per heavy atom. The molecule has 0 spiro atoms. The number of cyclic esters (lactones) is 4. The average Bonchev–Trinajstić information content (AvgIpc) is 3.41. The Morgan fingerprint density at radius 3 is 2.04 bits per heavy atom. The van der Waals surface area contributed by atoms with Crippen LogP contribution in [-0.2, 0) is 23.8 Å². The summed E-state index contributed by atoms with van der Waals surface area (Å²) in [5.41, 5.74) is -5.37. The molecule has 45 heavy (non-hydrogen) atoms. The Hall–Kier alpha value is -4.88. The van der Waals surface area contributed by atoms with Crippen LogP contribution in [0.15, 0.2) is 90.0 Å². The van der Waals surface area contributed by atoms with Gasteiger partial charge in [-0.15, -0.1) is 0 Å². The summed E-state index contributed by atoms with van der Waals surface area (Å²) < 4.78 is 108. The minimum Gasteiger partial charge on any atom is -0.486 e. The van der Waals surface area contributed by atoms with Gasteiger partial charge in [0.2, 0.25) is 0 Å². The molecular weight excluding hydrogens is 614 g/mol. The lowest BCUT2D eigenvalue weighted by Gasteiger charge is -2.44. The van der Waals surface area contributed by atoms with Crippen LogP contribution in [-0.4, -0.2) is 42.3 Å². The van der Waals surface area contributed by atoms with Gasteiger partial charge in [-0.2, -0.15) is 26.3 Å². The van der Waals surface area contributed by atoms with Gasteiger partial charge in [0.15, 0.2) is 5.41 Å². The average molecular weight is 634 g/mol. The van der Waals surface area contributed by atoms with E-state index in [2.05, 4.69) is 9.47 Å². The zero-order chi connectivity index (χ0) is 32.3. The van der Waals surface area contributed by atoms with E-state index in [-0.39, 0.29) is 34.8 Å². The Labute approximate surface area is 249 Å². The number of hydrogen-bond donors (Lipinski definition) is 0. The monoisotopic (exact) mass is 634 g/mol. The van der Waals surface area contributed by atoms with Gasteiger partial charge < -0.3 is 18.9 Å². The lowest BCUT2D eigenvalue weighted by molar-refractivity contribution is -0.337. The van der Waals surface area contributed by atoms with Gasteiger partial charge in [0.05, 0.1) is 23.0 Å². The summed E-state index contributed by atoms with van der Waals surface area (Å²) in [6.07, 6.45) is -3.89. The molecule has 4 atom stereocenters. The molecule has 0 bridgehead atoms. The number of carbonyl (C=O) groups excluding carboxylic acids is 4. The molecule has 8 nitrogen and oxygen atoms in total. The van der Waals surface area contributed by atoms with Crippen LogP contribution < -0.4 is 4.74 Å². The normalized spacial score (nSPS) is 26.0. The molecule has 2 aliphatic heterocycles. The van der Waals surface area contributed by atoms with Crippen molar-refractivity contribution in [3.63, 3.8) is 0 Å². The molecule has 1 aromatic carbocycles. The maximum absolute atomic E-state index is 14.7. The highest BCUT2D eigenvalue weighted by atomic mass is 19.4. The van der Waals surface area contributed by atoms with Crippen molar-refractivity contribution in [2.24, 2.45) is 23.2 Å². The first kappa shape index (κ1) is 30.2. The van der Waals surface area contributed by atoms with Crippen molar-refractivity contribution in [3.05, 3.63) is 101 Å². The summed E-state index contributed by atoms with van der Waals surface area (Å²) in [5.74, 6) is -7.05. The number of ether oxygens (including phenoxy) is 4. The number of benzene rings is 1. The van der Waals surface area contributed by atoms with E-state index in [9.17, 15) is 45.5 Å². The van der Waals surface area contributed by atoms with E-state index < -0.39 is 77.5 Å². The van der Waals surface area contributed by atoms with Gasteiger partial charge in [-0.1, -0.05) is 24.3 Å². The highest BCUT2D eigenvalue weighted by molar-refractivity contribution is 6.14. The van der Waals surface area contributed by atoms with E-state index in [1.165, 1.54) is 36.4 Å². The van der Waals surface area contributed by atoms with Crippen molar-refractivity contribution < 1.29 is 64.5 Å². The number of allylic oxidation sites excluding steroid dienone is 6. The third kappa shape index (κ3) is 5.07. The van der Waals surface area contributed by atoms with Crippen molar-refractivity contribution in [3.8, 4) is 5.75 Å². The van der Waals surface area contributed by atoms with E-state index in [4.69, 9.17) is 9.47 Å². The van der Waals surface area contributed by atoms with Gasteiger partial charge in [-0.05, 0) is 60.6 Å². The van der Waals surface area contributed by atoms with E-state index in [1.807, 2.05) is 0 Å². The molecule has 14 heteroatoms. The number of fused-ring (bicyclic) bond motifs is 2. The van der Waals surface area contributed by atoms with E-state index in [0.717, 1.165) is 36.5 Å². The highest BCUT2D eigenvalue weighted by Gasteiger charge is 2.74. The summed E-state index contributed by atoms with van der Waals surface area (Å²) in [5, 5.41) is 0. The zero-order valence-corrected chi connectivity index (χ0v) is 22.7. The van der Waals surface area contributed by atoms with Crippen molar-refractivity contribution in [1.82, 2.24) is 0 Å². The number of halogens is 6. The second-order valence-electron chi connectivity index (χ2n) is 10.7. The summed E-state index contributed by atoms with van der Waals surface area (Å²) in [6, 6.07) is 3.75. The summed E-state index contributed by atoms with van der Waals surface area (Å²) >= 11 is 0. The van der Waals surface area contributed by atoms with E-state index >= 15 is 0 Å². The van der Waals surface area contributed by atoms with Crippen LogP contribution in [0.5, 0.6) is 5.75 Å². The largest absolute Gasteiger partial charge is 0.486 e. The molecule has 234 valence electrons. The Kier molecular flexibility index (Phi) is 7.13. The number of rotatable bonds is 6. The Bertz CT molecular complexity index is 1680. The molecule has 1 aromatic rings. The fourth-order valence-electron chi connectivity index (χ4n) is 5.95. The number of carbonyl (C=O) groups is 4. The lowest BCUT2D eigenvalue weighted by Crippen LogP contribution is -2.56. The molecule has 0 aromatic heterocycles. The maximum atomic E-state index is 14.7. The summed E-state index contributed by atoms with van der Waals surface area (Å²) in [4.78, 5) is 47.0. The minimum absolute atomic E-state index is 0.00209. The molecule has 0 saturated carbocycles. The van der Waals surface area contributed by atoms with Crippen LogP contribution in [0.4, 0.5) is 26.3 Å². The third-order valence-corrected chi connectivity index (χ3v) is 8.12. The van der Waals surface area contributed by atoms with Crippen LogP contribution in [0.2, 0.25) is 0 Å². The highest BCUT2D eigenvalue weighted by Crippen LogP contribution is 2.62. The fraction of sp³-hybridized carbons (Fsp3) is 0.290. The summed E-state index contributed by atoms with van der Waals surface area (Å²) in [6.45, 7) is 0. The smallest absolute Gasteiger partial charge is 0.407 e. The Balaban J connectivity index is 1.21. The van der Waals surface area contributed by atoms with Crippen LogP contribution in [0.1, 0.15) is 33.6 Å². The standard InChI is InChI=1S/C31H20F6O8/c32-30(33,34)29(31(35,36)37,15-1-5-17(6-2-15)42-19-9-11-21-23(13-19)27(40)44-25(21)38)16-3-7-18(8-4-16)43-20-10-12-22-24(14-20)28(41)45-26(22)39/h1-3,5,7-14,16-17,21,23H,4,6H2/t16?,17-,21?,23-/m1/s1. The van der Waals surface area contributed by atoms with Crippen LogP contribution >= 0.6 is 0 Å². The van der Waals surface area contributed by atoms with Crippen molar-refractivity contribution >= 4 is 23.9 Å². The SMILES string of the molecule is O=C1OC(=O)c2cc(OC3=CCC(C(C4=CC[C@H](OC5=C[C@H]6C(=O)OC(=O)C6C=C5)C=C4)(C(F)(F)F)C(F)(F)F)C=C3)ccc21. The van der Waals surface area contributed by atoms with Crippen molar-refractivity contribution in [2.45, 2.75) is 31.3 Å². The Morgan fingerprint density at radius 2 is 1.40 bits per heavy atom. The quantitative estimate of drug-likeness (QED) is 0.214. The first-order valence-electron chi connectivity index (χ1n) is 13.5. The predicted octanol–water partition coefficient (Wildman–Crippen LogP) is 5.99. The predicted molar refractivity (Wildman–Crippen MR) is 139 cm³/mol. The van der Waals surface area contributed by atoms with Crippen LogP contribution in [0.25, 0.3) is 0 Å². The van der Waals surface area contributed by atoms with Gasteiger partial charge in [0.25, 0.3) is 0 Å². The van der Waals surface area contributed by atoms with E-state index in [1.54, 1.807) is 0 Å². The first-order chi connectivity index (χ1) is 21.2. The number of esters is 4. The molecule has 0 N–H and O–H groups in total. The molecule has 6 rings (SSSR count). The molecule has 2 heterocycles. The number of hydrogen-bond acceptors (Lipinski definition) is 8. The zero-order valence-electron chi connectivity index (χ0n) is 22.7. The van der Waals surface area contributed by atoms with Gasteiger partial charge in [0, 0.05) is 12.3 Å². The summed E-state index contributed by atoms with van der Waals surface area (Å²) in [7, 11) is 0. The lowest BCUT2D eigenvalue weighted by atomic mass is 9.65. The van der Waals surface area contributed by atoms with Crippen LogP contribution in [0, 0.1) is 23.2 Å². The van der Waals surface area contributed by atoms with Gasteiger partial charge >= 0.3 is 36.2 Å². The molecule has 5 aliphatic rings. The second-order valence-corrected chi connectivity index (χ2v) is 10.7. The van der Waals surface area contributed by atoms with Gasteiger partial charge in [0.1, 0.15) is 23.4 Å². The second kappa shape index (κ2) is 10.6. The van der Waals surface area contributed by atoms with Crippen molar-refractivity contribution in [1.29, 1.82) is 0 Å². The number of alkyl halides is 6. The first-order valence-corrected chi connectivity index (χ1v) is 13.5. The third-order valence-electron chi connectivity index (χ3n) is 8.12. The van der Waals surface area contributed by atoms with Gasteiger partial charge in [-0.25, -0.2) is 9.59 Å². The molecule has 1 saturated heterocycles. The molecular formula is C31H20F6O8. The van der Waals surface area contributed by atoms with Crippen LogP contribution in [0.3, 0.4) is 0 Å². The molecule has 1 fully saturated rings. The van der Waals surface area contributed by atoms with E-state index in [0.29, 0.717) is 0 Å². The van der Waals surface area contributed by atoms with Crippen molar-refractivity contribution in [2.75, 3.05) is 0 Å². The molecule has 0 amide bonds. The van der Waals surface area contributed by atoms with Gasteiger partial charge in [-0.3, -0.25) is 9.59 Å². The maximum Gasteiger partial charge on any atom is 0.407 e. The molecule has 2 unspecified atom stereocenters.